The second-order valence-electron chi connectivity index (χ2n) is 21.2. The maximum atomic E-state index is 12.4. The summed E-state index contributed by atoms with van der Waals surface area (Å²) in [5.41, 5.74) is -1.03. The number of aromatic amines is 2. The number of phosphoric acid groups is 1. The summed E-state index contributed by atoms with van der Waals surface area (Å²) in [5, 5.41) is 30.4. The van der Waals surface area contributed by atoms with Crippen molar-refractivity contribution in [3.63, 3.8) is 0 Å². The Bertz CT molecular complexity index is 3190. The zero-order chi connectivity index (χ0) is 63.0. The van der Waals surface area contributed by atoms with Gasteiger partial charge in [-0.25, -0.2) is 9.59 Å². The van der Waals surface area contributed by atoms with E-state index in [-0.39, 0.29) is 94.0 Å². The zero-order valence-electron chi connectivity index (χ0n) is 50.4. The van der Waals surface area contributed by atoms with Gasteiger partial charge < -0.3 is 54.9 Å². The van der Waals surface area contributed by atoms with Gasteiger partial charge in [-0.1, -0.05) is 125 Å². The van der Waals surface area contributed by atoms with Gasteiger partial charge in [0.1, 0.15) is 18.6 Å². The van der Waals surface area contributed by atoms with Crippen LogP contribution in [0.15, 0.2) is 140 Å². The fraction of sp³-hybridized carbons (Fsp3) is 0.484. The number of carbonyl (C=O) groups excluding carboxylic acids is 4. The van der Waals surface area contributed by atoms with E-state index in [0.29, 0.717) is 45.4 Å². The summed E-state index contributed by atoms with van der Waals surface area (Å²) in [6.45, 7) is 5.50. The summed E-state index contributed by atoms with van der Waals surface area (Å²) >= 11 is 0. The first kappa shape index (κ1) is 76.9. The molecule has 0 saturated carbocycles. The number of aliphatic hydroxyl groups is 2. The summed E-state index contributed by atoms with van der Waals surface area (Å²) in [6.07, 6.45) is 42.3. The van der Waals surface area contributed by atoms with Crippen LogP contribution in [0.25, 0.3) is 12.2 Å². The second-order valence-corrected chi connectivity index (χ2v) is 22.7. The molecule has 89 heavy (non-hydrogen) atoms. The van der Waals surface area contributed by atoms with E-state index in [9.17, 15) is 58.0 Å². The third-order valence-electron chi connectivity index (χ3n) is 14.4. The van der Waals surface area contributed by atoms with E-state index in [1.54, 1.807) is 0 Å². The minimum absolute atomic E-state index is 0. The number of unbranched alkanes of at least 4 members (excludes halogenated alkanes) is 6. The third-order valence-corrected chi connectivity index (χ3v) is 15.4. The largest absolute Gasteiger partial charge is 0.756 e. The van der Waals surface area contributed by atoms with Crippen LogP contribution in [0.1, 0.15) is 127 Å². The van der Waals surface area contributed by atoms with Gasteiger partial charge in [-0.3, -0.25) is 52.4 Å². The molecule has 2 aromatic heterocycles. The van der Waals surface area contributed by atoms with Crippen LogP contribution in [0.4, 0.5) is 0 Å². The summed E-state index contributed by atoms with van der Waals surface area (Å²) in [6, 6.07) is 0. The number of ether oxygens (including phenoxy) is 2. The first-order valence-corrected chi connectivity index (χ1v) is 31.0. The van der Waals surface area contributed by atoms with E-state index in [1.807, 2.05) is 50.3 Å². The minimum Gasteiger partial charge on any atom is -0.756 e. The first-order valence-electron chi connectivity index (χ1n) is 29.5. The molecular formula is C62H84Fe2N8O16P-. The molecular weight excluding hydrogens is 1260 g/mol. The Kier molecular flexibility index (Phi) is 36.1. The number of aromatic nitrogens is 4. The minimum atomic E-state index is -4.63. The fourth-order valence-electron chi connectivity index (χ4n) is 9.55. The van der Waals surface area contributed by atoms with Crippen molar-refractivity contribution in [3.05, 3.63) is 174 Å². The normalized spacial score (nSPS) is 20.6. The molecule has 27 heteroatoms. The summed E-state index contributed by atoms with van der Waals surface area (Å²) in [5.74, 6) is -0.464. The molecule has 4 amide bonds. The van der Waals surface area contributed by atoms with Crippen molar-refractivity contribution in [2.75, 3.05) is 46.5 Å². The number of aliphatic hydroxyl groups excluding tert-OH is 2. The first-order chi connectivity index (χ1) is 41.9. The van der Waals surface area contributed by atoms with Gasteiger partial charge in [-0.2, -0.15) is 0 Å². The van der Waals surface area contributed by atoms with Crippen LogP contribution in [0, 0.1) is 11.8 Å². The average molecular weight is 1340 g/mol. The number of phosphoric ester groups is 1. The van der Waals surface area contributed by atoms with Crippen LogP contribution < -0.4 is 48.7 Å². The Morgan fingerprint density at radius 2 is 1.03 bits per heavy atom. The molecule has 0 radical (unpaired) electrons. The molecule has 4 aliphatic carbocycles. The summed E-state index contributed by atoms with van der Waals surface area (Å²) in [4.78, 5) is 113. The number of allylic oxidation sites excluding steroid dienone is 14. The van der Waals surface area contributed by atoms with E-state index in [2.05, 4.69) is 84.4 Å². The van der Waals surface area contributed by atoms with Gasteiger partial charge in [-0.05, 0) is 81.8 Å². The van der Waals surface area contributed by atoms with Crippen LogP contribution >= 0.6 is 7.82 Å². The van der Waals surface area contributed by atoms with Crippen molar-refractivity contribution in [2.24, 2.45) is 11.8 Å². The zero-order valence-corrected chi connectivity index (χ0v) is 53.5. The summed E-state index contributed by atoms with van der Waals surface area (Å²) < 4.78 is 34.6. The molecule has 24 nitrogen and oxygen atoms in total. The number of nitrogens with one attached hydrogen (secondary N) is 6. The Morgan fingerprint density at radius 1 is 0.629 bits per heavy atom. The molecule has 0 spiro atoms. The van der Waals surface area contributed by atoms with E-state index in [1.165, 1.54) is 35.2 Å². The molecule has 8 rings (SSSR count). The standard InChI is InChI=1S/C27H38N4O6.C25H35N4O10P.2C5H6.2Fe/c1-18(2)21-15-24(37-22(21)17-32)31-16-20(26(35)30-27(31)36)11-12-23(33)28-13-7-3-4-8-14-29-25(34)19-9-5-6-10-19;1-37-40(35,36)39-19-14-22(38-20(19)16-30)29-15-18(24(33)28-25(29)34)10-11-21(31)26-12-6-2-3-7-13-27-23(32)17-8-4-5-9-17;2*1-2-4-5-3-1;;/h5-6,9,11-12,16,18,21-22,24,32H,3-4,7-8,10,13-15,17H2,1-2H3,(H,28,33)(H,29,34)(H,30,35,36);4-5,8,10-11,15,19-20,22,30H,2-3,6-7,9,12-14,16H2,1H3,(H,26,31)(H,27,32)(H,35,36)(H,28,33,34);2*1-4H,5H2;;/p-1/b12-11+;11-10+;;;;. The van der Waals surface area contributed by atoms with Crippen molar-refractivity contribution in [3.8, 4) is 0 Å². The van der Waals surface area contributed by atoms with Crippen LogP contribution in [0.5, 0.6) is 0 Å². The van der Waals surface area contributed by atoms with Crippen LogP contribution in [0.2, 0.25) is 0 Å². The molecule has 2 saturated heterocycles. The molecule has 490 valence electrons. The maximum Gasteiger partial charge on any atom is 0.330 e. The van der Waals surface area contributed by atoms with E-state index < -0.39 is 67.5 Å². The number of hydrogen-bond donors (Lipinski definition) is 8. The molecule has 8 N–H and O–H groups in total. The van der Waals surface area contributed by atoms with Gasteiger partial charge in [0.2, 0.25) is 23.6 Å². The topological polar surface area (TPSA) is 344 Å². The fourth-order valence-corrected chi connectivity index (χ4v) is 10.2. The molecule has 2 aromatic rings. The third kappa shape index (κ3) is 27.3. The Labute approximate surface area is 539 Å². The van der Waals surface area contributed by atoms with Crippen molar-refractivity contribution in [1.82, 2.24) is 40.4 Å². The van der Waals surface area contributed by atoms with Gasteiger partial charge in [0.05, 0.1) is 36.5 Å². The Balaban J connectivity index is 0.000000393. The summed E-state index contributed by atoms with van der Waals surface area (Å²) in [7, 11) is -3.71. The average Bonchev–Trinajstić information content (AvgIpc) is 1.98. The molecule has 2 aliphatic heterocycles. The van der Waals surface area contributed by atoms with Crippen LogP contribution in [-0.2, 0) is 76.4 Å². The second kappa shape index (κ2) is 41.8. The van der Waals surface area contributed by atoms with E-state index >= 15 is 0 Å². The van der Waals surface area contributed by atoms with Crippen molar-refractivity contribution < 1.29 is 91.5 Å². The molecule has 7 unspecified atom stereocenters. The van der Waals surface area contributed by atoms with Crippen molar-refractivity contribution >= 4 is 43.6 Å². The van der Waals surface area contributed by atoms with Gasteiger partial charge >= 0.3 is 11.4 Å². The number of amides is 4. The number of H-pyrrole nitrogens is 2. The van der Waals surface area contributed by atoms with Gasteiger partial charge in [0.15, 0.2) is 0 Å². The molecule has 0 aromatic carbocycles. The van der Waals surface area contributed by atoms with Crippen molar-refractivity contribution in [1.29, 1.82) is 0 Å². The monoisotopic (exact) mass is 1340 g/mol. The smallest absolute Gasteiger partial charge is 0.330 e. The molecule has 2 fully saturated rings. The van der Waals surface area contributed by atoms with Gasteiger partial charge in [-0.15, -0.1) is 0 Å². The predicted molar refractivity (Wildman–Crippen MR) is 328 cm³/mol. The molecule has 0 bridgehead atoms. The van der Waals surface area contributed by atoms with Gasteiger partial charge in [0.25, 0.3) is 18.9 Å². The maximum absolute atomic E-state index is 12.4. The SMILES string of the molecule is C1=CCC=C1.C1=CCC=C1.CC(C)C1CC(n2cc(/C=C/C(=O)NCCCCCCNC(=O)C3=CC=CC3)c(=O)[nH]c2=O)OC1CO.COP(=O)([O-])OC1CC(n2cc(/C=C/C(=O)NCCCCCCNC(=O)C3=CC=CC3)c(=O)[nH]c2=O)OC1CO.[Fe].[Fe]. The Morgan fingerprint density at radius 3 is 1.38 bits per heavy atom. The van der Waals surface area contributed by atoms with Gasteiger partial charge in [0, 0.05) is 110 Å². The van der Waals surface area contributed by atoms with E-state index in [4.69, 9.17) is 14.0 Å². The number of carbonyl (C=O) groups is 4. The Hall–Kier alpha value is -6.37. The predicted octanol–water partition coefficient (Wildman–Crippen LogP) is 4.79. The molecule has 7 atom stereocenters. The number of rotatable bonds is 28. The van der Waals surface area contributed by atoms with Crippen LogP contribution in [0.3, 0.4) is 0 Å². The number of hydrogen-bond acceptors (Lipinski definition) is 16. The van der Waals surface area contributed by atoms with Crippen molar-refractivity contribution in [2.45, 2.75) is 135 Å². The van der Waals surface area contributed by atoms with Crippen LogP contribution in [-0.4, -0.2) is 118 Å². The molecule has 4 heterocycles. The number of nitrogens with zero attached hydrogens (tertiary/aromatic N) is 2. The molecule has 6 aliphatic rings. The van der Waals surface area contributed by atoms with E-state index in [0.717, 1.165) is 93.1 Å². The quantitative estimate of drug-likeness (QED) is 0.0246.